The molecule has 0 atom stereocenters. The molecule has 0 aliphatic carbocycles. The Balaban J connectivity index is 2.24. The second kappa shape index (κ2) is 3.82. The molecule has 0 unspecified atom stereocenters. The highest BCUT2D eigenvalue weighted by Gasteiger charge is 2.14. The first-order valence-electron chi connectivity index (χ1n) is 5.10. The van der Waals surface area contributed by atoms with Crippen LogP contribution < -0.4 is 4.74 Å². The Morgan fingerprint density at radius 1 is 1.50 bits per heavy atom. The molecule has 0 saturated heterocycles. The van der Waals surface area contributed by atoms with E-state index in [1.165, 1.54) is 5.56 Å². The largest absolute Gasteiger partial charge is 0.493 e. The van der Waals surface area contributed by atoms with E-state index in [2.05, 4.69) is 0 Å². The fraction of sp³-hybridized carbons (Fsp3) is 0.417. The van der Waals surface area contributed by atoms with Crippen molar-refractivity contribution in [2.24, 2.45) is 0 Å². The summed E-state index contributed by atoms with van der Waals surface area (Å²) in [7, 11) is 0. The molecule has 1 aliphatic rings. The number of carbonyl (C=O) groups excluding carboxylic acids is 1. The molecule has 0 radical (unpaired) electrons. The van der Waals surface area contributed by atoms with E-state index < -0.39 is 0 Å². The molecule has 74 valence electrons. The Kier molecular flexibility index (Phi) is 2.53. The fourth-order valence-corrected chi connectivity index (χ4v) is 1.73. The summed E-state index contributed by atoms with van der Waals surface area (Å²) in [6, 6.07) is 5.74. The van der Waals surface area contributed by atoms with Crippen molar-refractivity contribution >= 4 is 5.78 Å². The number of hydrogen-bond donors (Lipinski definition) is 0. The number of rotatable bonds is 3. The Morgan fingerprint density at radius 2 is 2.36 bits per heavy atom. The van der Waals surface area contributed by atoms with E-state index in [1.807, 2.05) is 25.1 Å². The molecule has 2 rings (SSSR count). The van der Waals surface area contributed by atoms with Crippen LogP contribution in [0.5, 0.6) is 5.75 Å². The van der Waals surface area contributed by atoms with Gasteiger partial charge in [0.25, 0.3) is 0 Å². The van der Waals surface area contributed by atoms with Crippen LogP contribution in [0.25, 0.3) is 0 Å². The van der Waals surface area contributed by atoms with Crippen LogP contribution in [0.1, 0.15) is 35.7 Å². The number of ether oxygens (including phenoxy) is 1. The van der Waals surface area contributed by atoms with Gasteiger partial charge in [-0.2, -0.15) is 0 Å². The van der Waals surface area contributed by atoms with Gasteiger partial charge in [0.2, 0.25) is 0 Å². The molecule has 1 heterocycles. The average molecular weight is 190 g/mol. The molecule has 0 saturated carbocycles. The molecule has 2 nitrogen and oxygen atoms in total. The number of Topliss-reactive ketones (excluding diaryl/α,β-unsaturated/α-hetero) is 1. The van der Waals surface area contributed by atoms with E-state index in [9.17, 15) is 4.79 Å². The summed E-state index contributed by atoms with van der Waals surface area (Å²) >= 11 is 0. The van der Waals surface area contributed by atoms with Crippen LogP contribution in [-0.2, 0) is 6.42 Å². The highest BCUT2D eigenvalue weighted by Crippen LogP contribution is 2.26. The molecule has 0 spiro atoms. The Hall–Kier alpha value is -1.31. The van der Waals surface area contributed by atoms with Crippen LogP contribution in [0, 0.1) is 0 Å². The lowest BCUT2D eigenvalue weighted by molar-refractivity contribution is 0.0981. The zero-order chi connectivity index (χ0) is 9.97. The normalized spacial score (nSPS) is 13.5. The van der Waals surface area contributed by atoms with E-state index in [0.717, 1.165) is 30.8 Å². The summed E-state index contributed by atoms with van der Waals surface area (Å²) in [5.41, 5.74) is 2.00. The van der Waals surface area contributed by atoms with Gasteiger partial charge in [-0.05, 0) is 30.2 Å². The highest BCUT2D eigenvalue weighted by molar-refractivity contribution is 5.96. The van der Waals surface area contributed by atoms with E-state index in [0.29, 0.717) is 6.42 Å². The molecular weight excluding hydrogens is 176 g/mol. The Bertz CT molecular complexity index is 355. The minimum Gasteiger partial charge on any atom is -0.493 e. The molecular formula is C12H14O2. The molecule has 0 aromatic heterocycles. The molecule has 1 aromatic carbocycles. The van der Waals surface area contributed by atoms with Crippen LogP contribution >= 0.6 is 0 Å². The van der Waals surface area contributed by atoms with Crippen LogP contribution in [-0.4, -0.2) is 12.4 Å². The molecule has 0 fully saturated rings. The topological polar surface area (TPSA) is 26.3 Å². The third kappa shape index (κ3) is 1.65. The Morgan fingerprint density at radius 3 is 3.14 bits per heavy atom. The number of carbonyl (C=O) groups is 1. The molecule has 14 heavy (non-hydrogen) atoms. The van der Waals surface area contributed by atoms with Crippen molar-refractivity contribution in [1.29, 1.82) is 0 Å². The minimum absolute atomic E-state index is 0.238. The van der Waals surface area contributed by atoms with Crippen LogP contribution in [0.2, 0.25) is 0 Å². The molecule has 0 amide bonds. The first-order chi connectivity index (χ1) is 6.81. The van der Waals surface area contributed by atoms with Crippen molar-refractivity contribution in [2.45, 2.75) is 26.2 Å². The van der Waals surface area contributed by atoms with Crippen LogP contribution in [0.4, 0.5) is 0 Å². The van der Waals surface area contributed by atoms with Gasteiger partial charge in [0.05, 0.1) is 6.61 Å². The van der Waals surface area contributed by atoms with E-state index in [1.54, 1.807) is 0 Å². The van der Waals surface area contributed by atoms with E-state index >= 15 is 0 Å². The van der Waals surface area contributed by atoms with Crippen molar-refractivity contribution in [2.75, 3.05) is 6.61 Å². The quantitative estimate of drug-likeness (QED) is 0.685. The van der Waals surface area contributed by atoms with Gasteiger partial charge in [-0.1, -0.05) is 6.92 Å². The maximum atomic E-state index is 11.6. The van der Waals surface area contributed by atoms with Gasteiger partial charge in [-0.15, -0.1) is 0 Å². The van der Waals surface area contributed by atoms with Gasteiger partial charge in [-0.25, -0.2) is 0 Å². The van der Waals surface area contributed by atoms with Crippen molar-refractivity contribution in [1.82, 2.24) is 0 Å². The number of fused-ring (bicyclic) bond motifs is 1. The SMILES string of the molecule is CCCC(=O)c1ccc2c(c1)CCO2. The maximum Gasteiger partial charge on any atom is 0.162 e. The minimum atomic E-state index is 0.238. The van der Waals surface area contributed by atoms with Gasteiger partial charge in [0.1, 0.15) is 5.75 Å². The van der Waals surface area contributed by atoms with Crippen LogP contribution in [0.3, 0.4) is 0 Å². The smallest absolute Gasteiger partial charge is 0.162 e. The lowest BCUT2D eigenvalue weighted by Gasteiger charge is -2.02. The standard InChI is InChI=1S/C12H14O2/c1-2-3-11(13)9-4-5-12-10(8-9)6-7-14-12/h4-5,8H,2-3,6-7H2,1H3. The molecule has 1 aromatic rings. The second-order valence-electron chi connectivity index (χ2n) is 3.59. The summed E-state index contributed by atoms with van der Waals surface area (Å²) in [5, 5.41) is 0. The summed E-state index contributed by atoms with van der Waals surface area (Å²) < 4.78 is 5.38. The summed E-state index contributed by atoms with van der Waals surface area (Å²) in [6.45, 7) is 2.77. The average Bonchev–Trinajstić information content (AvgIpc) is 2.64. The van der Waals surface area contributed by atoms with E-state index in [-0.39, 0.29) is 5.78 Å². The number of ketones is 1. The van der Waals surface area contributed by atoms with Crippen molar-refractivity contribution < 1.29 is 9.53 Å². The zero-order valence-electron chi connectivity index (χ0n) is 8.38. The second-order valence-corrected chi connectivity index (χ2v) is 3.59. The molecule has 2 heteroatoms. The Labute approximate surface area is 83.9 Å². The van der Waals surface area contributed by atoms with Crippen molar-refractivity contribution in [3.8, 4) is 5.75 Å². The fourth-order valence-electron chi connectivity index (χ4n) is 1.73. The van der Waals surface area contributed by atoms with Gasteiger partial charge >= 0.3 is 0 Å². The summed E-state index contributed by atoms with van der Waals surface area (Å²) in [5.74, 6) is 1.18. The van der Waals surface area contributed by atoms with Crippen molar-refractivity contribution in [3.05, 3.63) is 29.3 Å². The third-order valence-corrected chi connectivity index (χ3v) is 2.49. The molecule has 0 N–H and O–H groups in total. The first-order valence-corrected chi connectivity index (χ1v) is 5.10. The number of benzene rings is 1. The first kappa shape index (κ1) is 9.25. The summed E-state index contributed by atoms with van der Waals surface area (Å²) in [4.78, 5) is 11.6. The van der Waals surface area contributed by atoms with E-state index in [4.69, 9.17) is 4.74 Å². The van der Waals surface area contributed by atoms with Gasteiger partial charge < -0.3 is 4.74 Å². The predicted molar refractivity (Wildman–Crippen MR) is 54.9 cm³/mol. The lowest BCUT2D eigenvalue weighted by atomic mass is 10.0. The molecule has 1 aliphatic heterocycles. The maximum absolute atomic E-state index is 11.6. The van der Waals surface area contributed by atoms with Crippen LogP contribution in [0.15, 0.2) is 18.2 Å². The van der Waals surface area contributed by atoms with Crippen molar-refractivity contribution in [3.63, 3.8) is 0 Å². The number of hydrogen-bond acceptors (Lipinski definition) is 2. The zero-order valence-corrected chi connectivity index (χ0v) is 8.38. The lowest BCUT2D eigenvalue weighted by Crippen LogP contribution is -1.98. The van der Waals surface area contributed by atoms with Gasteiger partial charge in [0, 0.05) is 18.4 Å². The monoisotopic (exact) mass is 190 g/mol. The van der Waals surface area contributed by atoms with Gasteiger partial charge in [0.15, 0.2) is 5.78 Å². The highest BCUT2D eigenvalue weighted by atomic mass is 16.5. The summed E-state index contributed by atoms with van der Waals surface area (Å²) in [6.07, 6.45) is 2.48. The predicted octanol–water partition coefficient (Wildman–Crippen LogP) is 2.60. The third-order valence-electron chi connectivity index (χ3n) is 2.49. The van der Waals surface area contributed by atoms with Gasteiger partial charge in [-0.3, -0.25) is 4.79 Å². The molecule has 0 bridgehead atoms.